The molecule has 0 saturated carbocycles. The summed E-state index contributed by atoms with van der Waals surface area (Å²) in [6.07, 6.45) is 0. The summed E-state index contributed by atoms with van der Waals surface area (Å²) in [5.74, 6) is -0.493. The molecule has 0 amide bonds. The first kappa shape index (κ1) is 22.1. The number of nitro groups is 2. The Morgan fingerprint density at radius 1 is 0.765 bits per heavy atom. The molecular weight excluding hydrogens is 444 g/mol. The number of nitrogens with one attached hydrogen (secondary N) is 2. The van der Waals surface area contributed by atoms with E-state index in [-0.39, 0.29) is 28.2 Å². The van der Waals surface area contributed by atoms with Crippen molar-refractivity contribution in [2.75, 3.05) is 17.7 Å². The number of non-ortho nitro benzene ring substituents is 1. The van der Waals surface area contributed by atoms with E-state index in [2.05, 4.69) is 10.6 Å². The van der Waals surface area contributed by atoms with Gasteiger partial charge in [0.15, 0.2) is 0 Å². The number of ether oxygens (including phenoxy) is 1. The summed E-state index contributed by atoms with van der Waals surface area (Å²) in [6.45, 7) is 0. The summed E-state index contributed by atoms with van der Waals surface area (Å²) >= 11 is 0. The number of rotatable bonds is 7. The predicted molar refractivity (Wildman–Crippen MR) is 122 cm³/mol. The van der Waals surface area contributed by atoms with Crippen molar-refractivity contribution >= 4 is 34.3 Å². The SMILES string of the molecule is COc1ccc(NC2=C(Nc3ccc([N+](=O)[O-])cc3[N+](=O)[O-])C(=O)c3ccccc3C2=O)cc1. The molecule has 170 valence electrons. The number of hydrogen-bond acceptors (Lipinski definition) is 9. The van der Waals surface area contributed by atoms with Gasteiger partial charge in [-0.2, -0.15) is 0 Å². The highest BCUT2D eigenvalue weighted by Crippen LogP contribution is 2.34. The van der Waals surface area contributed by atoms with Crippen molar-refractivity contribution in [1.29, 1.82) is 0 Å². The quantitative estimate of drug-likeness (QED) is 0.387. The predicted octanol–water partition coefficient (Wildman–Crippen LogP) is 4.33. The van der Waals surface area contributed by atoms with Gasteiger partial charge in [0, 0.05) is 22.9 Å². The molecule has 0 heterocycles. The molecule has 0 fully saturated rings. The second-order valence-electron chi connectivity index (χ2n) is 7.15. The molecule has 4 rings (SSSR count). The molecule has 0 saturated heterocycles. The Morgan fingerprint density at radius 2 is 1.35 bits per heavy atom. The summed E-state index contributed by atoms with van der Waals surface area (Å²) in [6, 6.07) is 15.7. The number of benzene rings is 3. The first-order chi connectivity index (χ1) is 16.3. The molecule has 0 unspecified atom stereocenters. The van der Waals surface area contributed by atoms with Gasteiger partial charge in [-0.15, -0.1) is 0 Å². The van der Waals surface area contributed by atoms with Gasteiger partial charge >= 0.3 is 0 Å². The highest BCUT2D eigenvalue weighted by Gasteiger charge is 2.34. The van der Waals surface area contributed by atoms with Gasteiger partial charge in [-0.1, -0.05) is 24.3 Å². The number of ketones is 2. The third-order valence-electron chi connectivity index (χ3n) is 5.13. The maximum absolute atomic E-state index is 13.3. The van der Waals surface area contributed by atoms with E-state index in [9.17, 15) is 29.8 Å². The number of Topliss-reactive ketones (excluding diaryl/α,β-unsaturated/α-hetero) is 2. The smallest absolute Gasteiger partial charge is 0.299 e. The van der Waals surface area contributed by atoms with Crippen LogP contribution in [0.2, 0.25) is 0 Å². The lowest BCUT2D eigenvalue weighted by molar-refractivity contribution is -0.393. The Balaban J connectivity index is 1.83. The summed E-state index contributed by atoms with van der Waals surface area (Å²) in [7, 11) is 1.50. The molecule has 0 atom stereocenters. The van der Waals surface area contributed by atoms with Gasteiger partial charge in [0.2, 0.25) is 11.6 Å². The molecule has 3 aromatic rings. The molecular formula is C23H16N4O7. The Morgan fingerprint density at radius 3 is 1.88 bits per heavy atom. The van der Waals surface area contributed by atoms with E-state index in [1.165, 1.54) is 19.2 Å². The second-order valence-corrected chi connectivity index (χ2v) is 7.15. The lowest BCUT2D eigenvalue weighted by atomic mass is 9.90. The highest BCUT2D eigenvalue weighted by molar-refractivity contribution is 6.28. The van der Waals surface area contributed by atoms with E-state index >= 15 is 0 Å². The second kappa shape index (κ2) is 8.82. The molecule has 0 aromatic heterocycles. The van der Waals surface area contributed by atoms with Gasteiger partial charge in [-0.05, 0) is 30.3 Å². The molecule has 0 radical (unpaired) electrons. The van der Waals surface area contributed by atoms with Crippen LogP contribution in [-0.4, -0.2) is 28.5 Å². The maximum Gasteiger partial charge on any atom is 0.299 e. The molecule has 3 aromatic carbocycles. The number of carbonyl (C=O) groups excluding carboxylic acids is 2. The first-order valence-electron chi connectivity index (χ1n) is 9.83. The number of nitrogens with zero attached hydrogens (tertiary/aromatic N) is 2. The third kappa shape index (κ3) is 4.05. The normalized spacial score (nSPS) is 12.7. The molecule has 0 aliphatic heterocycles. The fourth-order valence-electron chi connectivity index (χ4n) is 3.46. The molecule has 2 N–H and O–H groups in total. The maximum atomic E-state index is 13.3. The van der Waals surface area contributed by atoms with Crippen LogP contribution in [-0.2, 0) is 0 Å². The van der Waals surface area contributed by atoms with E-state index in [4.69, 9.17) is 4.74 Å². The highest BCUT2D eigenvalue weighted by atomic mass is 16.6. The average Bonchev–Trinajstić information content (AvgIpc) is 2.84. The summed E-state index contributed by atoms with van der Waals surface area (Å²) in [5, 5.41) is 28.2. The Labute approximate surface area is 192 Å². The standard InChI is InChI=1S/C23H16N4O7/c1-34-15-9-6-13(7-10-15)24-20-21(23(29)17-5-3-2-4-16(17)22(20)28)25-18-11-8-14(26(30)31)12-19(18)27(32)33/h2-12,24-25H,1H3. The number of nitro benzene ring substituents is 2. The molecule has 0 spiro atoms. The van der Waals surface area contributed by atoms with Crippen molar-refractivity contribution in [2.45, 2.75) is 0 Å². The summed E-state index contributed by atoms with van der Waals surface area (Å²) in [5.41, 5.74) is -0.872. The molecule has 34 heavy (non-hydrogen) atoms. The number of allylic oxidation sites excluding steroid dienone is 2. The van der Waals surface area contributed by atoms with Gasteiger partial charge in [0.1, 0.15) is 22.8 Å². The largest absolute Gasteiger partial charge is 0.497 e. The lowest BCUT2D eigenvalue weighted by Crippen LogP contribution is -2.29. The fraction of sp³-hybridized carbons (Fsp3) is 0.0435. The van der Waals surface area contributed by atoms with Crippen LogP contribution in [0.3, 0.4) is 0 Å². The lowest BCUT2D eigenvalue weighted by Gasteiger charge is -2.23. The average molecular weight is 460 g/mol. The zero-order valence-electron chi connectivity index (χ0n) is 17.6. The molecule has 11 heteroatoms. The number of carbonyl (C=O) groups is 2. The minimum absolute atomic E-state index is 0.124. The van der Waals surface area contributed by atoms with E-state index < -0.39 is 32.8 Å². The summed E-state index contributed by atoms with van der Waals surface area (Å²) in [4.78, 5) is 47.6. The van der Waals surface area contributed by atoms with Crippen molar-refractivity contribution < 1.29 is 24.2 Å². The Hall–Kier alpha value is -5.06. The van der Waals surface area contributed by atoms with Crippen LogP contribution >= 0.6 is 0 Å². The van der Waals surface area contributed by atoms with Crippen LogP contribution in [0.25, 0.3) is 0 Å². The van der Waals surface area contributed by atoms with Crippen LogP contribution in [0, 0.1) is 20.2 Å². The summed E-state index contributed by atoms with van der Waals surface area (Å²) < 4.78 is 5.12. The zero-order valence-corrected chi connectivity index (χ0v) is 17.6. The fourth-order valence-corrected chi connectivity index (χ4v) is 3.46. The van der Waals surface area contributed by atoms with E-state index in [1.807, 2.05) is 0 Å². The molecule has 11 nitrogen and oxygen atoms in total. The molecule has 1 aliphatic carbocycles. The Bertz CT molecular complexity index is 1380. The zero-order chi connectivity index (χ0) is 24.4. The van der Waals surface area contributed by atoms with Crippen molar-refractivity contribution in [2.24, 2.45) is 0 Å². The van der Waals surface area contributed by atoms with Crippen LogP contribution < -0.4 is 15.4 Å². The Kier molecular flexibility index (Phi) is 5.75. The van der Waals surface area contributed by atoms with Crippen molar-refractivity contribution in [3.8, 4) is 5.75 Å². The van der Waals surface area contributed by atoms with Gasteiger partial charge in [0.25, 0.3) is 11.4 Å². The van der Waals surface area contributed by atoms with Crippen LogP contribution in [0.15, 0.2) is 78.1 Å². The number of fused-ring (bicyclic) bond motifs is 1. The third-order valence-corrected chi connectivity index (χ3v) is 5.13. The topological polar surface area (TPSA) is 154 Å². The van der Waals surface area contributed by atoms with Gasteiger partial charge in [0.05, 0.1) is 23.0 Å². The van der Waals surface area contributed by atoms with Crippen molar-refractivity contribution in [1.82, 2.24) is 0 Å². The van der Waals surface area contributed by atoms with E-state index in [1.54, 1.807) is 36.4 Å². The van der Waals surface area contributed by atoms with Crippen LogP contribution in [0.1, 0.15) is 20.7 Å². The number of hydrogen-bond donors (Lipinski definition) is 2. The monoisotopic (exact) mass is 460 g/mol. The van der Waals surface area contributed by atoms with Gasteiger partial charge < -0.3 is 15.4 Å². The van der Waals surface area contributed by atoms with E-state index in [0.29, 0.717) is 11.4 Å². The van der Waals surface area contributed by atoms with Gasteiger partial charge in [-0.25, -0.2) is 0 Å². The molecule has 0 bridgehead atoms. The number of anilines is 2. The van der Waals surface area contributed by atoms with Crippen molar-refractivity contribution in [3.63, 3.8) is 0 Å². The van der Waals surface area contributed by atoms with Crippen LogP contribution in [0.5, 0.6) is 5.75 Å². The minimum Gasteiger partial charge on any atom is -0.497 e. The van der Waals surface area contributed by atoms with Gasteiger partial charge in [-0.3, -0.25) is 29.8 Å². The van der Waals surface area contributed by atoms with Crippen LogP contribution in [0.4, 0.5) is 22.7 Å². The number of methoxy groups -OCH3 is 1. The minimum atomic E-state index is -0.810. The first-order valence-corrected chi connectivity index (χ1v) is 9.83. The van der Waals surface area contributed by atoms with Crippen molar-refractivity contribution in [3.05, 3.63) is 109 Å². The molecule has 1 aliphatic rings. The van der Waals surface area contributed by atoms with E-state index in [0.717, 1.165) is 18.2 Å².